The van der Waals surface area contributed by atoms with Crippen LogP contribution in [-0.2, 0) is 6.42 Å². The van der Waals surface area contributed by atoms with Crippen LogP contribution < -0.4 is 0 Å². The first-order valence-electron chi connectivity index (χ1n) is 6.55. The fourth-order valence-corrected chi connectivity index (χ4v) is 3.71. The first kappa shape index (κ1) is 13.5. The van der Waals surface area contributed by atoms with Gasteiger partial charge in [-0.2, -0.15) is 0 Å². The van der Waals surface area contributed by atoms with Gasteiger partial charge in [0.2, 0.25) is 0 Å². The highest BCUT2D eigenvalue weighted by molar-refractivity contribution is 7.11. The van der Waals surface area contributed by atoms with Crippen molar-refractivity contribution < 1.29 is 0 Å². The van der Waals surface area contributed by atoms with Crippen molar-refractivity contribution in [3.8, 4) is 11.3 Å². The minimum atomic E-state index is 0.841. The molecular weight excluding hydrogens is 284 g/mol. The van der Waals surface area contributed by atoms with Crippen molar-refractivity contribution in [1.29, 1.82) is 0 Å². The van der Waals surface area contributed by atoms with Gasteiger partial charge in [-0.1, -0.05) is 12.1 Å². The second kappa shape index (κ2) is 5.46. The number of benzene rings is 1. The van der Waals surface area contributed by atoms with Crippen molar-refractivity contribution in [2.24, 2.45) is 0 Å². The van der Waals surface area contributed by atoms with Crippen LogP contribution in [0.3, 0.4) is 0 Å². The largest absolute Gasteiger partial charge is 0.246 e. The van der Waals surface area contributed by atoms with Gasteiger partial charge in [0.05, 0.1) is 17.1 Å². The Kier molecular flexibility index (Phi) is 3.68. The Balaban J connectivity index is 1.84. The van der Waals surface area contributed by atoms with E-state index in [0.717, 1.165) is 27.8 Å². The van der Waals surface area contributed by atoms with Crippen LogP contribution in [0.1, 0.15) is 26.8 Å². The Morgan fingerprint density at radius 1 is 0.900 bits per heavy atom. The summed E-state index contributed by atoms with van der Waals surface area (Å²) in [5.74, 6) is 0. The molecule has 2 heterocycles. The van der Waals surface area contributed by atoms with Crippen LogP contribution in [0.15, 0.2) is 29.0 Å². The van der Waals surface area contributed by atoms with E-state index in [9.17, 15) is 0 Å². The summed E-state index contributed by atoms with van der Waals surface area (Å²) in [6, 6.07) is 6.52. The number of nitrogens with zero attached hydrogens (tertiary/aromatic N) is 2. The van der Waals surface area contributed by atoms with E-state index in [0.29, 0.717) is 0 Å². The smallest absolute Gasteiger partial charge is 0.100 e. The maximum Gasteiger partial charge on any atom is 0.100 e. The lowest BCUT2D eigenvalue weighted by atomic mass is 10.1. The molecule has 0 amide bonds. The molecule has 0 fully saturated rings. The van der Waals surface area contributed by atoms with E-state index in [1.54, 1.807) is 22.7 Å². The van der Waals surface area contributed by atoms with Crippen LogP contribution in [0, 0.1) is 20.8 Å². The summed E-state index contributed by atoms with van der Waals surface area (Å²) in [6.45, 7) is 6.31. The molecule has 0 saturated heterocycles. The van der Waals surface area contributed by atoms with E-state index in [4.69, 9.17) is 4.98 Å². The fourth-order valence-electron chi connectivity index (χ4n) is 2.04. The quantitative estimate of drug-likeness (QED) is 0.695. The second-order valence-corrected chi connectivity index (χ2v) is 6.87. The number of thiazole rings is 2. The van der Waals surface area contributed by atoms with Gasteiger partial charge in [-0.05, 0) is 38.0 Å². The van der Waals surface area contributed by atoms with E-state index in [1.807, 2.05) is 6.92 Å². The van der Waals surface area contributed by atoms with Gasteiger partial charge in [0.25, 0.3) is 0 Å². The second-order valence-electron chi connectivity index (χ2n) is 4.98. The Labute approximate surface area is 127 Å². The van der Waals surface area contributed by atoms with Gasteiger partial charge in [-0.3, -0.25) is 0 Å². The highest BCUT2D eigenvalue weighted by Gasteiger charge is 2.08. The van der Waals surface area contributed by atoms with E-state index < -0.39 is 0 Å². The van der Waals surface area contributed by atoms with Gasteiger partial charge in [0, 0.05) is 22.0 Å². The van der Waals surface area contributed by atoms with Crippen molar-refractivity contribution in [2.45, 2.75) is 27.2 Å². The SMILES string of the molecule is Cc1csc(Cc2nc(-c3ccc(C)c(C)c3)cs2)n1. The van der Waals surface area contributed by atoms with Crippen LogP contribution in [0.25, 0.3) is 11.3 Å². The first-order valence-corrected chi connectivity index (χ1v) is 8.31. The summed E-state index contributed by atoms with van der Waals surface area (Å²) >= 11 is 3.42. The fraction of sp³-hybridized carbons (Fsp3) is 0.250. The minimum Gasteiger partial charge on any atom is -0.246 e. The van der Waals surface area contributed by atoms with Crippen LogP contribution in [0.4, 0.5) is 0 Å². The molecule has 0 aliphatic rings. The van der Waals surface area contributed by atoms with Crippen LogP contribution in [0.5, 0.6) is 0 Å². The number of aryl methyl sites for hydroxylation is 3. The lowest BCUT2D eigenvalue weighted by molar-refractivity contribution is 1.08. The summed E-state index contributed by atoms with van der Waals surface area (Å²) in [5, 5.41) is 6.50. The molecule has 0 spiro atoms. The van der Waals surface area contributed by atoms with Gasteiger partial charge in [0.1, 0.15) is 5.01 Å². The Hall–Kier alpha value is -1.52. The third kappa shape index (κ3) is 2.81. The molecule has 0 bridgehead atoms. The Morgan fingerprint density at radius 3 is 2.35 bits per heavy atom. The van der Waals surface area contributed by atoms with Crippen molar-refractivity contribution in [3.05, 3.63) is 55.8 Å². The summed E-state index contributed by atoms with van der Waals surface area (Å²) < 4.78 is 0. The molecule has 2 nitrogen and oxygen atoms in total. The molecule has 0 atom stereocenters. The zero-order chi connectivity index (χ0) is 14.1. The maximum absolute atomic E-state index is 4.74. The minimum absolute atomic E-state index is 0.841. The van der Waals surface area contributed by atoms with Crippen molar-refractivity contribution in [1.82, 2.24) is 9.97 Å². The third-order valence-corrected chi connectivity index (χ3v) is 5.14. The Morgan fingerprint density at radius 2 is 1.65 bits per heavy atom. The summed E-state index contributed by atoms with van der Waals surface area (Å²) in [7, 11) is 0. The summed E-state index contributed by atoms with van der Waals surface area (Å²) in [4.78, 5) is 9.24. The standard InChI is InChI=1S/C16H16N2S2/c1-10-4-5-13(6-11(10)2)14-9-20-16(18-14)7-15-17-12(3)8-19-15/h4-6,8-9H,7H2,1-3H3. The highest BCUT2D eigenvalue weighted by Crippen LogP contribution is 2.25. The average molecular weight is 300 g/mol. The van der Waals surface area contributed by atoms with E-state index in [-0.39, 0.29) is 0 Å². The monoisotopic (exact) mass is 300 g/mol. The lowest BCUT2D eigenvalue weighted by Gasteiger charge is -2.02. The van der Waals surface area contributed by atoms with Crippen molar-refractivity contribution >= 4 is 22.7 Å². The van der Waals surface area contributed by atoms with E-state index >= 15 is 0 Å². The van der Waals surface area contributed by atoms with E-state index in [1.165, 1.54) is 16.7 Å². The molecule has 102 valence electrons. The molecule has 0 unspecified atom stereocenters. The topological polar surface area (TPSA) is 25.8 Å². The summed E-state index contributed by atoms with van der Waals surface area (Å²) in [5.41, 5.74) is 6.00. The lowest BCUT2D eigenvalue weighted by Crippen LogP contribution is -1.88. The molecule has 0 aliphatic carbocycles. The maximum atomic E-state index is 4.74. The van der Waals surface area contributed by atoms with Crippen molar-refractivity contribution in [3.63, 3.8) is 0 Å². The molecule has 20 heavy (non-hydrogen) atoms. The zero-order valence-electron chi connectivity index (χ0n) is 11.8. The average Bonchev–Trinajstić information content (AvgIpc) is 3.03. The van der Waals surface area contributed by atoms with Crippen LogP contribution in [-0.4, -0.2) is 9.97 Å². The number of hydrogen-bond acceptors (Lipinski definition) is 4. The van der Waals surface area contributed by atoms with Gasteiger partial charge in [-0.15, -0.1) is 22.7 Å². The van der Waals surface area contributed by atoms with Crippen molar-refractivity contribution in [2.75, 3.05) is 0 Å². The number of hydrogen-bond donors (Lipinski definition) is 0. The predicted octanol–water partition coefficient (Wildman–Crippen LogP) is 4.78. The van der Waals surface area contributed by atoms with Gasteiger partial charge in [0.15, 0.2) is 0 Å². The predicted molar refractivity (Wildman–Crippen MR) is 86.7 cm³/mol. The number of rotatable bonds is 3. The molecule has 2 aromatic heterocycles. The first-order chi connectivity index (χ1) is 9.61. The van der Waals surface area contributed by atoms with Gasteiger partial charge < -0.3 is 0 Å². The molecular formula is C16H16N2S2. The highest BCUT2D eigenvalue weighted by atomic mass is 32.1. The van der Waals surface area contributed by atoms with Gasteiger partial charge in [-0.25, -0.2) is 9.97 Å². The molecule has 4 heteroatoms. The van der Waals surface area contributed by atoms with Gasteiger partial charge >= 0.3 is 0 Å². The molecule has 1 aromatic carbocycles. The van der Waals surface area contributed by atoms with E-state index in [2.05, 4.69) is 47.8 Å². The van der Waals surface area contributed by atoms with Crippen LogP contribution >= 0.6 is 22.7 Å². The molecule has 0 radical (unpaired) electrons. The molecule has 0 aliphatic heterocycles. The Bertz CT molecular complexity index is 741. The molecule has 3 rings (SSSR count). The van der Waals surface area contributed by atoms with Crippen LogP contribution in [0.2, 0.25) is 0 Å². The molecule has 3 aromatic rings. The third-order valence-electron chi connectivity index (χ3n) is 3.32. The number of aromatic nitrogens is 2. The molecule has 0 N–H and O–H groups in total. The zero-order valence-corrected chi connectivity index (χ0v) is 13.4. The normalized spacial score (nSPS) is 10.9. The summed E-state index contributed by atoms with van der Waals surface area (Å²) in [6.07, 6.45) is 0.841. The molecule has 0 saturated carbocycles.